The van der Waals surface area contributed by atoms with E-state index >= 15 is 0 Å². The third kappa shape index (κ3) is 10.2. The summed E-state index contributed by atoms with van der Waals surface area (Å²) in [4.78, 5) is 41.3. The van der Waals surface area contributed by atoms with Crippen LogP contribution in [-0.4, -0.2) is 73.5 Å². The summed E-state index contributed by atoms with van der Waals surface area (Å²) in [6.45, 7) is 4.58. The highest BCUT2D eigenvalue weighted by Gasteiger charge is 2.55. The molecule has 11 N–H and O–H groups in total. The number of carboxylic acids is 4. The second-order valence-corrected chi connectivity index (χ2v) is 11.5. The van der Waals surface area contributed by atoms with Gasteiger partial charge in [0.15, 0.2) is 0 Å². The van der Waals surface area contributed by atoms with Gasteiger partial charge in [0.2, 0.25) is 0 Å². The van der Waals surface area contributed by atoms with Gasteiger partial charge in [-0.15, -0.1) is 0 Å². The van der Waals surface area contributed by atoms with Crippen LogP contribution in [0.4, 0.5) is 0 Å². The quantitative estimate of drug-likeness (QED) is 0.243. The Kier molecular flexibility index (Phi) is 11.9. The molecule has 12 heteroatoms. The number of carboxylic acid groups (broad SMARTS) is 4. The number of rotatable bonds is 6. The van der Waals surface area contributed by atoms with Gasteiger partial charge in [-0.1, -0.05) is 19.3 Å². The Balaban J connectivity index is 0.000000254. The van der Waals surface area contributed by atoms with E-state index in [0.717, 1.165) is 38.5 Å². The smallest absolute Gasteiger partial charge is 0.323 e. The Hall–Kier alpha value is -2.28. The third-order valence-electron chi connectivity index (χ3n) is 7.60. The summed E-state index contributed by atoms with van der Waals surface area (Å²) < 4.78 is 0. The minimum atomic E-state index is -1.08. The molecule has 12 nitrogen and oxygen atoms in total. The molecular weight excluding hydrogens is 484 g/mol. The van der Waals surface area contributed by atoms with E-state index in [1.165, 1.54) is 33.1 Å². The molecule has 0 aromatic carbocycles. The van der Waals surface area contributed by atoms with Crippen LogP contribution in [0.2, 0.25) is 0 Å². The number of hydrogen-bond donors (Lipinski definition) is 8. The monoisotopic (exact) mass is 530 g/mol. The molecular formula is C25H46N4O8. The molecule has 0 spiro atoms. The van der Waals surface area contributed by atoms with Crippen molar-refractivity contribution >= 4 is 23.9 Å². The zero-order valence-electron chi connectivity index (χ0n) is 22.2. The second kappa shape index (κ2) is 13.5. The van der Waals surface area contributed by atoms with Gasteiger partial charge in [0.05, 0.1) is 5.41 Å². The SMILES string of the molecule is CC(C)(N)C(=O)O.C[C@H](NC1CCCCC1)C(=O)O.NC1(C(=O)O)CC1.NC1CC2CCC1(C(=O)O)C2. The number of fused-ring (bicyclic) bond motifs is 2. The number of carbonyl (C=O) groups is 4. The third-order valence-corrected chi connectivity index (χ3v) is 7.60. The van der Waals surface area contributed by atoms with E-state index in [9.17, 15) is 19.2 Å². The van der Waals surface area contributed by atoms with Gasteiger partial charge in [0.25, 0.3) is 0 Å². The predicted molar refractivity (Wildman–Crippen MR) is 137 cm³/mol. The Morgan fingerprint density at radius 2 is 1.43 bits per heavy atom. The van der Waals surface area contributed by atoms with Crippen molar-refractivity contribution in [1.29, 1.82) is 0 Å². The van der Waals surface area contributed by atoms with Crippen molar-refractivity contribution in [3.05, 3.63) is 0 Å². The van der Waals surface area contributed by atoms with Crippen molar-refractivity contribution in [1.82, 2.24) is 5.32 Å². The largest absolute Gasteiger partial charge is 0.481 e. The maximum atomic E-state index is 10.9. The van der Waals surface area contributed by atoms with E-state index in [2.05, 4.69) is 5.32 Å². The van der Waals surface area contributed by atoms with Crippen LogP contribution in [0.3, 0.4) is 0 Å². The van der Waals surface area contributed by atoms with Crippen molar-refractivity contribution in [2.24, 2.45) is 28.5 Å². The average molecular weight is 531 g/mol. The van der Waals surface area contributed by atoms with Crippen molar-refractivity contribution in [2.45, 2.75) is 121 Å². The fraction of sp³-hybridized carbons (Fsp3) is 0.840. The lowest BCUT2D eigenvalue weighted by atomic mass is 9.80. The van der Waals surface area contributed by atoms with E-state index in [-0.39, 0.29) is 6.04 Å². The van der Waals surface area contributed by atoms with Crippen LogP contribution in [0.5, 0.6) is 0 Å². The molecule has 0 aliphatic heterocycles. The molecule has 0 amide bonds. The molecule has 0 saturated heterocycles. The highest BCUT2D eigenvalue weighted by molar-refractivity contribution is 5.81. The first-order valence-electron chi connectivity index (χ1n) is 13.0. The van der Waals surface area contributed by atoms with Gasteiger partial charge in [0.1, 0.15) is 17.1 Å². The van der Waals surface area contributed by atoms with Gasteiger partial charge in [-0.05, 0) is 78.1 Å². The van der Waals surface area contributed by atoms with Crippen molar-refractivity contribution in [3.63, 3.8) is 0 Å². The lowest BCUT2D eigenvalue weighted by Gasteiger charge is -2.27. The molecule has 4 fully saturated rings. The highest BCUT2D eigenvalue weighted by Crippen LogP contribution is 2.53. The summed E-state index contributed by atoms with van der Waals surface area (Å²) in [5, 5.41) is 37.1. The first-order chi connectivity index (χ1) is 16.9. The topological polar surface area (TPSA) is 239 Å². The van der Waals surface area contributed by atoms with Crippen LogP contribution < -0.4 is 22.5 Å². The molecule has 37 heavy (non-hydrogen) atoms. The average Bonchev–Trinajstić information content (AvgIpc) is 3.28. The molecule has 0 heterocycles. The molecule has 0 radical (unpaired) electrons. The molecule has 3 unspecified atom stereocenters. The van der Waals surface area contributed by atoms with Crippen molar-refractivity contribution in [3.8, 4) is 0 Å². The van der Waals surface area contributed by atoms with Crippen LogP contribution >= 0.6 is 0 Å². The van der Waals surface area contributed by atoms with Crippen LogP contribution in [0, 0.1) is 11.3 Å². The Labute approximate surface area is 218 Å². The summed E-state index contributed by atoms with van der Waals surface area (Å²) in [5.41, 5.74) is 13.6. The zero-order valence-corrected chi connectivity index (χ0v) is 22.2. The maximum Gasteiger partial charge on any atom is 0.323 e. The molecule has 4 saturated carbocycles. The van der Waals surface area contributed by atoms with E-state index in [1.807, 2.05) is 0 Å². The number of hydrogen-bond acceptors (Lipinski definition) is 8. The molecule has 4 aliphatic carbocycles. The van der Waals surface area contributed by atoms with E-state index < -0.39 is 46.4 Å². The lowest BCUT2D eigenvalue weighted by molar-refractivity contribution is -0.149. The Morgan fingerprint density at radius 1 is 0.919 bits per heavy atom. The van der Waals surface area contributed by atoms with Crippen molar-refractivity contribution < 1.29 is 39.6 Å². The standard InChI is InChI=1S/C9H17NO2.C8H13NO2.C4H7NO2.C4H9NO2/c1-7(9(11)12)10-8-5-3-2-4-6-8;9-6-3-5-1-2-8(6,4-5)7(10)11;5-4(1-2-4)3(6)7;1-4(2,5)3(6)7/h7-8,10H,2-6H2,1H3,(H,11,12);5-6H,1-4,9H2,(H,10,11);1-2,5H2,(H,6,7);5H2,1-2H3,(H,6,7)/t7-;;;/m0.../s1. The number of aliphatic carboxylic acids is 4. The summed E-state index contributed by atoms with van der Waals surface area (Å²) in [5.74, 6) is -2.67. The van der Waals surface area contributed by atoms with Gasteiger partial charge in [0, 0.05) is 12.1 Å². The zero-order chi connectivity index (χ0) is 28.6. The van der Waals surface area contributed by atoms with E-state index in [4.69, 9.17) is 37.6 Å². The molecule has 4 rings (SSSR count). The predicted octanol–water partition coefficient (Wildman–Crippen LogP) is 1.34. The number of nitrogens with one attached hydrogen (secondary N) is 1. The Morgan fingerprint density at radius 3 is 1.68 bits per heavy atom. The fourth-order valence-corrected chi connectivity index (χ4v) is 4.70. The first kappa shape index (κ1) is 32.7. The normalized spacial score (nSPS) is 28.2. The van der Waals surface area contributed by atoms with Crippen LogP contribution in [0.25, 0.3) is 0 Å². The van der Waals surface area contributed by atoms with Gasteiger partial charge in [-0.2, -0.15) is 0 Å². The second-order valence-electron chi connectivity index (χ2n) is 11.5. The van der Waals surface area contributed by atoms with Gasteiger partial charge in [-0.3, -0.25) is 19.2 Å². The van der Waals surface area contributed by atoms with E-state index in [1.54, 1.807) is 6.92 Å². The number of nitrogens with two attached hydrogens (primary N) is 3. The molecule has 2 bridgehead atoms. The molecule has 4 aliphatic rings. The maximum absolute atomic E-state index is 10.9. The molecule has 0 aromatic rings. The van der Waals surface area contributed by atoms with Gasteiger partial charge >= 0.3 is 23.9 Å². The Bertz CT molecular complexity index is 790. The molecule has 0 aromatic heterocycles. The minimum absolute atomic E-state index is 0.0845. The fourth-order valence-electron chi connectivity index (χ4n) is 4.70. The first-order valence-corrected chi connectivity index (χ1v) is 13.0. The minimum Gasteiger partial charge on any atom is -0.481 e. The molecule has 214 valence electrons. The highest BCUT2D eigenvalue weighted by atomic mass is 16.4. The summed E-state index contributed by atoms with van der Waals surface area (Å²) in [6.07, 6.45) is 11.0. The summed E-state index contributed by atoms with van der Waals surface area (Å²) >= 11 is 0. The summed E-state index contributed by atoms with van der Waals surface area (Å²) in [7, 11) is 0. The van der Waals surface area contributed by atoms with Crippen LogP contribution in [0.15, 0.2) is 0 Å². The van der Waals surface area contributed by atoms with Crippen LogP contribution in [0.1, 0.15) is 91.4 Å². The summed E-state index contributed by atoms with van der Waals surface area (Å²) in [6, 6.07) is -0.0447. The van der Waals surface area contributed by atoms with Gasteiger partial charge < -0.3 is 42.9 Å². The lowest BCUT2D eigenvalue weighted by Crippen LogP contribution is -2.43. The van der Waals surface area contributed by atoms with Gasteiger partial charge in [-0.25, -0.2) is 0 Å². The molecule has 4 atom stereocenters. The van der Waals surface area contributed by atoms with Crippen LogP contribution in [-0.2, 0) is 19.2 Å². The van der Waals surface area contributed by atoms with E-state index in [0.29, 0.717) is 24.8 Å². The van der Waals surface area contributed by atoms with Crippen molar-refractivity contribution in [2.75, 3.05) is 0 Å².